The predicted molar refractivity (Wildman–Crippen MR) is 77.7 cm³/mol. The highest BCUT2D eigenvalue weighted by molar-refractivity contribution is 5.30. The molecule has 0 amide bonds. The largest absolute Gasteiger partial charge is 0.310 e. The molecule has 106 valence electrons. The lowest BCUT2D eigenvalue weighted by atomic mass is 9.95. The summed E-state index contributed by atoms with van der Waals surface area (Å²) in [7, 11) is 0. The smallest absolute Gasteiger partial charge is 0.127 e. The standard InChI is InChI=1S/C17H19F2N/c1-3-20-17(15-6-4-5-7-16(15)19)11-13-8-9-14(18)10-12(13)2/h4-10,17,20H,3,11H2,1-2H3. The average Bonchev–Trinajstić information content (AvgIpc) is 2.42. The van der Waals surface area contributed by atoms with Crippen LogP contribution in [0, 0.1) is 18.6 Å². The summed E-state index contributed by atoms with van der Waals surface area (Å²) < 4.78 is 27.1. The van der Waals surface area contributed by atoms with Gasteiger partial charge in [0, 0.05) is 11.6 Å². The molecule has 1 nitrogen and oxygen atoms in total. The number of nitrogens with one attached hydrogen (secondary N) is 1. The SMILES string of the molecule is CCNC(Cc1ccc(F)cc1C)c1ccccc1F. The molecule has 0 aliphatic heterocycles. The number of halogens is 2. The minimum absolute atomic E-state index is 0.106. The number of hydrogen-bond donors (Lipinski definition) is 1. The number of aryl methyl sites for hydroxylation is 1. The fraction of sp³-hybridized carbons (Fsp3) is 0.294. The summed E-state index contributed by atoms with van der Waals surface area (Å²) in [5.41, 5.74) is 2.57. The van der Waals surface area contributed by atoms with Crippen molar-refractivity contribution in [2.24, 2.45) is 0 Å². The Hall–Kier alpha value is -1.74. The van der Waals surface area contributed by atoms with Gasteiger partial charge in [-0.25, -0.2) is 8.78 Å². The minimum atomic E-state index is -0.239. The zero-order chi connectivity index (χ0) is 14.5. The second-order valence-electron chi connectivity index (χ2n) is 4.91. The molecule has 0 fully saturated rings. The van der Waals surface area contributed by atoms with Crippen LogP contribution in [-0.4, -0.2) is 6.54 Å². The molecule has 0 bridgehead atoms. The summed E-state index contributed by atoms with van der Waals surface area (Å²) in [6.45, 7) is 4.62. The maximum atomic E-state index is 13.9. The lowest BCUT2D eigenvalue weighted by molar-refractivity contribution is 0.509. The van der Waals surface area contributed by atoms with Crippen molar-refractivity contribution in [2.45, 2.75) is 26.3 Å². The van der Waals surface area contributed by atoms with Crippen LogP contribution >= 0.6 is 0 Å². The first-order valence-corrected chi connectivity index (χ1v) is 6.84. The van der Waals surface area contributed by atoms with Gasteiger partial charge in [0.1, 0.15) is 11.6 Å². The Morgan fingerprint density at radius 2 is 1.85 bits per heavy atom. The van der Waals surface area contributed by atoms with Crippen LogP contribution in [-0.2, 0) is 6.42 Å². The third kappa shape index (κ3) is 3.42. The van der Waals surface area contributed by atoms with Crippen LogP contribution in [0.5, 0.6) is 0 Å². The van der Waals surface area contributed by atoms with Gasteiger partial charge in [-0.3, -0.25) is 0 Å². The van der Waals surface area contributed by atoms with E-state index in [4.69, 9.17) is 0 Å². The van der Waals surface area contributed by atoms with Crippen LogP contribution in [0.2, 0.25) is 0 Å². The molecular formula is C17H19F2N. The molecule has 2 aromatic rings. The molecule has 0 saturated heterocycles. The summed E-state index contributed by atoms with van der Waals surface area (Å²) in [5, 5.41) is 3.30. The number of rotatable bonds is 5. The van der Waals surface area contributed by atoms with E-state index < -0.39 is 0 Å². The Kier molecular flexibility index (Phi) is 4.85. The van der Waals surface area contributed by atoms with Crippen LogP contribution in [0.25, 0.3) is 0 Å². The van der Waals surface area contributed by atoms with E-state index in [1.807, 2.05) is 19.9 Å². The summed E-state index contributed by atoms with van der Waals surface area (Å²) in [4.78, 5) is 0. The Morgan fingerprint density at radius 1 is 1.10 bits per heavy atom. The van der Waals surface area contributed by atoms with E-state index in [1.165, 1.54) is 18.2 Å². The first-order valence-electron chi connectivity index (χ1n) is 6.84. The van der Waals surface area contributed by atoms with E-state index in [2.05, 4.69) is 5.32 Å². The first-order chi connectivity index (χ1) is 9.61. The van der Waals surface area contributed by atoms with E-state index in [1.54, 1.807) is 18.2 Å². The van der Waals surface area contributed by atoms with E-state index in [9.17, 15) is 8.78 Å². The summed E-state index contributed by atoms with van der Waals surface area (Å²) in [5.74, 6) is -0.449. The monoisotopic (exact) mass is 275 g/mol. The molecule has 3 heteroatoms. The zero-order valence-electron chi connectivity index (χ0n) is 11.8. The second-order valence-corrected chi connectivity index (χ2v) is 4.91. The maximum absolute atomic E-state index is 13.9. The van der Waals surface area contributed by atoms with Crippen LogP contribution in [0.4, 0.5) is 8.78 Å². The molecule has 20 heavy (non-hydrogen) atoms. The molecule has 2 rings (SSSR count). The van der Waals surface area contributed by atoms with Crippen molar-refractivity contribution in [3.8, 4) is 0 Å². The molecule has 0 heterocycles. The number of hydrogen-bond acceptors (Lipinski definition) is 1. The lowest BCUT2D eigenvalue weighted by Crippen LogP contribution is -2.24. The minimum Gasteiger partial charge on any atom is -0.310 e. The molecule has 0 aliphatic rings. The van der Waals surface area contributed by atoms with Gasteiger partial charge in [0.25, 0.3) is 0 Å². The number of likely N-dealkylation sites (N-methyl/N-ethyl adjacent to an activating group) is 1. The van der Waals surface area contributed by atoms with E-state index in [0.29, 0.717) is 12.0 Å². The molecule has 1 N–H and O–H groups in total. The summed E-state index contributed by atoms with van der Waals surface area (Å²) in [6, 6.07) is 11.4. The maximum Gasteiger partial charge on any atom is 0.127 e. The van der Waals surface area contributed by atoms with Crippen molar-refractivity contribution in [3.63, 3.8) is 0 Å². The molecule has 1 unspecified atom stereocenters. The van der Waals surface area contributed by atoms with E-state index in [0.717, 1.165) is 17.7 Å². The fourth-order valence-corrected chi connectivity index (χ4v) is 2.40. The quantitative estimate of drug-likeness (QED) is 0.863. The van der Waals surface area contributed by atoms with Gasteiger partial charge in [-0.15, -0.1) is 0 Å². The lowest BCUT2D eigenvalue weighted by Gasteiger charge is -2.20. The van der Waals surface area contributed by atoms with Crippen LogP contribution in [0.15, 0.2) is 42.5 Å². The molecule has 1 atom stereocenters. The highest BCUT2D eigenvalue weighted by atomic mass is 19.1. The highest BCUT2D eigenvalue weighted by Gasteiger charge is 2.16. The van der Waals surface area contributed by atoms with Gasteiger partial charge in [0.2, 0.25) is 0 Å². The van der Waals surface area contributed by atoms with Gasteiger partial charge in [-0.2, -0.15) is 0 Å². The molecule has 0 radical (unpaired) electrons. The van der Waals surface area contributed by atoms with E-state index >= 15 is 0 Å². The van der Waals surface area contributed by atoms with Gasteiger partial charge < -0.3 is 5.32 Å². The Balaban J connectivity index is 2.28. The van der Waals surface area contributed by atoms with Gasteiger partial charge in [-0.1, -0.05) is 31.2 Å². The molecule has 0 aromatic heterocycles. The molecule has 0 saturated carbocycles. The zero-order valence-corrected chi connectivity index (χ0v) is 11.8. The van der Waals surface area contributed by atoms with Gasteiger partial charge in [-0.05, 0) is 49.2 Å². The number of benzene rings is 2. The molecule has 0 spiro atoms. The van der Waals surface area contributed by atoms with Crippen molar-refractivity contribution in [3.05, 3.63) is 70.8 Å². The Bertz CT molecular complexity index is 581. The van der Waals surface area contributed by atoms with Crippen molar-refractivity contribution < 1.29 is 8.78 Å². The van der Waals surface area contributed by atoms with Gasteiger partial charge in [0.05, 0.1) is 0 Å². The molecular weight excluding hydrogens is 256 g/mol. The van der Waals surface area contributed by atoms with Crippen LogP contribution in [0.1, 0.15) is 29.7 Å². The topological polar surface area (TPSA) is 12.0 Å². The third-order valence-corrected chi connectivity index (χ3v) is 3.46. The average molecular weight is 275 g/mol. The fourth-order valence-electron chi connectivity index (χ4n) is 2.40. The Labute approximate surface area is 118 Å². The molecule has 2 aromatic carbocycles. The van der Waals surface area contributed by atoms with Crippen LogP contribution in [0.3, 0.4) is 0 Å². The van der Waals surface area contributed by atoms with E-state index in [-0.39, 0.29) is 17.7 Å². The Morgan fingerprint density at radius 3 is 2.50 bits per heavy atom. The van der Waals surface area contributed by atoms with Crippen LogP contribution < -0.4 is 5.32 Å². The van der Waals surface area contributed by atoms with Crippen molar-refractivity contribution in [1.82, 2.24) is 5.32 Å². The second kappa shape index (κ2) is 6.62. The normalized spacial score (nSPS) is 12.4. The predicted octanol–water partition coefficient (Wildman–Crippen LogP) is 4.17. The van der Waals surface area contributed by atoms with Crippen molar-refractivity contribution in [2.75, 3.05) is 6.54 Å². The third-order valence-electron chi connectivity index (χ3n) is 3.46. The van der Waals surface area contributed by atoms with Gasteiger partial charge in [0.15, 0.2) is 0 Å². The first kappa shape index (κ1) is 14.7. The van der Waals surface area contributed by atoms with Crippen molar-refractivity contribution in [1.29, 1.82) is 0 Å². The summed E-state index contributed by atoms with van der Waals surface area (Å²) in [6.07, 6.45) is 0.640. The van der Waals surface area contributed by atoms with Gasteiger partial charge >= 0.3 is 0 Å². The van der Waals surface area contributed by atoms with Crippen molar-refractivity contribution >= 4 is 0 Å². The summed E-state index contributed by atoms with van der Waals surface area (Å²) >= 11 is 0. The highest BCUT2D eigenvalue weighted by Crippen LogP contribution is 2.23. The molecule has 0 aliphatic carbocycles.